The van der Waals surface area contributed by atoms with Crippen LogP contribution in [-0.4, -0.2) is 37.7 Å². The van der Waals surface area contributed by atoms with Crippen LogP contribution in [0.3, 0.4) is 0 Å². The van der Waals surface area contributed by atoms with Crippen LogP contribution < -0.4 is 19.1 Å². The molecule has 0 bridgehead atoms. The lowest BCUT2D eigenvalue weighted by Crippen LogP contribution is -2.34. The van der Waals surface area contributed by atoms with E-state index in [1.807, 2.05) is 4.90 Å². The fourth-order valence-electron chi connectivity index (χ4n) is 3.07. The quantitative estimate of drug-likeness (QED) is 0.911. The number of anilines is 1. The number of benzene rings is 2. The van der Waals surface area contributed by atoms with Crippen LogP contribution in [0.15, 0.2) is 36.4 Å². The number of hydrogen-bond acceptors (Lipinski definition) is 5. The molecule has 2 aliphatic heterocycles. The van der Waals surface area contributed by atoms with Crippen LogP contribution in [0.25, 0.3) is 0 Å². The van der Waals surface area contributed by atoms with Gasteiger partial charge in [0.25, 0.3) is 0 Å². The Hall–Kier alpha value is -2.47. The Morgan fingerprint density at radius 1 is 1.17 bits per heavy atom. The van der Waals surface area contributed by atoms with E-state index in [0.29, 0.717) is 23.8 Å². The first-order valence-corrected chi connectivity index (χ1v) is 7.93. The third kappa shape index (κ3) is 2.97. The second-order valence-electron chi connectivity index (χ2n) is 5.95. The van der Waals surface area contributed by atoms with E-state index < -0.39 is 6.10 Å². The topological polar surface area (TPSA) is 51.2 Å². The van der Waals surface area contributed by atoms with Crippen molar-refractivity contribution < 1.29 is 23.7 Å². The number of halogens is 1. The van der Waals surface area contributed by atoms with Crippen LogP contribution in [0.1, 0.15) is 5.56 Å². The number of rotatable bonds is 5. The predicted octanol–water partition coefficient (Wildman–Crippen LogP) is 2.36. The van der Waals surface area contributed by atoms with Crippen molar-refractivity contribution in [1.82, 2.24) is 0 Å². The summed E-state index contributed by atoms with van der Waals surface area (Å²) < 4.78 is 29.6. The molecule has 1 unspecified atom stereocenters. The average Bonchev–Trinajstić information content (AvgIpc) is 3.19. The van der Waals surface area contributed by atoms with Crippen molar-refractivity contribution in [3.8, 4) is 17.2 Å². The van der Waals surface area contributed by atoms with E-state index in [0.717, 1.165) is 24.2 Å². The fourth-order valence-corrected chi connectivity index (χ4v) is 3.07. The summed E-state index contributed by atoms with van der Waals surface area (Å²) in [6.45, 7) is 1.55. The lowest BCUT2D eigenvalue weighted by molar-refractivity contribution is 0.112. The molecule has 5 nitrogen and oxygen atoms in total. The maximum absolute atomic E-state index is 13.4. The number of nitrogens with zero attached hydrogens (tertiary/aromatic N) is 1. The SMILES string of the molecule is OC(COc1ccc2c(c1)OCO2)CN1CCc2ccc(F)cc21. The molecule has 0 fully saturated rings. The molecular weight excluding hydrogens is 313 g/mol. The zero-order valence-corrected chi connectivity index (χ0v) is 13.1. The van der Waals surface area contributed by atoms with Crippen molar-refractivity contribution in [2.24, 2.45) is 0 Å². The van der Waals surface area contributed by atoms with E-state index in [-0.39, 0.29) is 19.2 Å². The minimum Gasteiger partial charge on any atom is -0.491 e. The highest BCUT2D eigenvalue weighted by atomic mass is 19.1. The van der Waals surface area contributed by atoms with Gasteiger partial charge in [-0.15, -0.1) is 0 Å². The van der Waals surface area contributed by atoms with Gasteiger partial charge in [-0.25, -0.2) is 4.39 Å². The van der Waals surface area contributed by atoms with Gasteiger partial charge < -0.3 is 24.2 Å². The van der Waals surface area contributed by atoms with Gasteiger partial charge in [-0.2, -0.15) is 0 Å². The zero-order chi connectivity index (χ0) is 16.5. The second kappa shape index (κ2) is 6.20. The normalized spacial score (nSPS) is 16.2. The standard InChI is InChI=1S/C18H18FNO4/c19-13-2-1-12-5-6-20(16(12)7-13)9-14(21)10-22-15-3-4-17-18(8-15)24-11-23-17/h1-4,7-8,14,21H,5-6,9-11H2. The summed E-state index contributed by atoms with van der Waals surface area (Å²) in [7, 11) is 0. The molecule has 126 valence electrons. The molecule has 4 rings (SSSR count). The van der Waals surface area contributed by atoms with Crippen LogP contribution in [0.4, 0.5) is 10.1 Å². The van der Waals surface area contributed by atoms with Crippen LogP contribution in [0.2, 0.25) is 0 Å². The largest absolute Gasteiger partial charge is 0.491 e. The van der Waals surface area contributed by atoms with Crippen LogP contribution in [0.5, 0.6) is 17.2 Å². The molecule has 0 amide bonds. The number of hydrogen-bond donors (Lipinski definition) is 1. The van der Waals surface area contributed by atoms with Gasteiger partial charge in [0.05, 0.1) is 0 Å². The predicted molar refractivity (Wildman–Crippen MR) is 86.4 cm³/mol. The van der Waals surface area contributed by atoms with Crippen molar-refractivity contribution in [1.29, 1.82) is 0 Å². The van der Waals surface area contributed by atoms with Crippen LogP contribution in [0, 0.1) is 5.82 Å². The monoisotopic (exact) mass is 331 g/mol. The van der Waals surface area contributed by atoms with Crippen molar-refractivity contribution in [2.45, 2.75) is 12.5 Å². The van der Waals surface area contributed by atoms with Gasteiger partial charge in [-0.05, 0) is 36.2 Å². The van der Waals surface area contributed by atoms with Gasteiger partial charge in [-0.3, -0.25) is 0 Å². The molecule has 2 aromatic carbocycles. The fraction of sp³-hybridized carbons (Fsp3) is 0.333. The Balaban J connectivity index is 1.35. The summed E-state index contributed by atoms with van der Waals surface area (Å²) in [4.78, 5) is 1.99. The highest BCUT2D eigenvalue weighted by molar-refractivity contribution is 5.58. The number of ether oxygens (including phenoxy) is 3. The van der Waals surface area contributed by atoms with Crippen molar-refractivity contribution >= 4 is 5.69 Å². The minimum atomic E-state index is -0.676. The van der Waals surface area contributed by atoms with E-state index in [1.54, 1.807) is 24.3 Å². The van der Waals surface area contributed by atoms with Gasteiger partial charge in [0.2, 0.25) is 6.79 Å². The van der Waals surface area contributed by atoms with Crippen molar-refractivity contribution in [3.63, 3.8) is 0 Å². The molecule has 0 aliphatic carbocycles. The third-order valence-electron chi connectivity index (χ3n) is 4.26. The van der Waals surface area contributed by atoms with Gasteiger partial charge in [0.1, 0.15) is 24.3 Å². The summed E-state index contributed by atoms with van der Waals surface area (Å²) >= 11 is 0. The zero-order valence-electron chi connectivity index (χ0n) is 13.1. The molecule has 0 aromatic heterocycles. The van der Waals surface area contributed by atoms with E-state index in [9.17, 15) is 9.50 Å². The smallest absolute Gasteiger partial charge is 0.231 e. The van der Waals surface area contributed by atoms with Gasteiger partial charge in [0, 0.05) is 24.8 Å². The Morgan fingerprint density at radius 2 is 2.04 bits per heavy atom. The highest BCUT2D eigenvalue weighted by Gasteiger charge is 2.22. The molecule has 2 aliphatic rings. The Labute approximate surface area is 139 Å². The first-order chi connectivity index (χ1) is 11.7. The number of β-amino-alcohol motifs (C(OH)–C–C–N with tert-alkyl or cyclic N) is 1. The Kier molecular flexibility index (Phi) is 3.90. The average molecular weight is 331 g/mol. The molecule has 24 heavy (non-hydrogen) atoms. The molecule has 6 heteroatoms. The Morgan fingerprint density at radius 3 is 2.96 bits per heavy atom. The van der Waals surface area contributed by atoms with Gasteiger partial charge >= 0.3 is 0 Å². The Bertz CT molecular complexity index is 752. The maximum Gasteiger partial charge on any atom is 0.231 e. The summed E-state index contributed by atoms with van der Waals surface area (Å²) in [6, 6.07) is 10.1. The first-order valence-electron chi connectivity index (χ1n) is 7.93. The van der Waals surface area contributed by atoms with E-state index in [2.05, 4.69) is 0 Å². The minimum absolute atomic E-state index is 0.154. The number of aliphatic hydroxyl groups excluding tert-OH is 1. The molecule has 0 radical (unpaired) electrons. The van der Waals surface area contributed by atoms with Crippen molar-refractivity contribution in [3.05, 3.63) is 47.8 Å². The molecule has 1 atom stereocenters. The molecular formula is C18H18FNO4. The third-order valence-corrected chi connectivity index (χ3v) is 4.26. The van der Waals surface area contributed by atoms with E-state index >= 15 is 0 Å². The molecule has 2 aromatic rings. The van der Waals surface area contributed by atoms with Gasteiger partial charge in [0.15, 0.2) is 11.5 Å². The van der Waals surface area contributed by atoms with Crippen molar-refractivity contribution in [2.75, 3.05) is 31.4 Å². The van der Waals surface area contributed by atoms with Crippen LogP contribution >= 0.6 is 0 Å². The molecule has 1 N–H and O–H groups in total. The molecule has 0 spiro atoms. The number of fused-ring (bicyclic) bond motifs is 2. The van der Waals surface area contributed by atoms with Crippen LogP contribution in [-0.2, 0) is 6.42 Å². The number of aliphatic hydroxyl groups is 1. The summed E-state index contributed by atoms with van der Waals surface area (Å²) in [5, 5.41) is 10.2. The van der Waals surface area contributed by atoms with Gasteiger partial charge in [-0.1, -0.05) is 6.07 Å². The highest BCUT2D eigenvalue weighted by Crippen LogP contribution is 2.35. The summed E-state index contributed by atoms with van der Waals surface area (Å²) in [5.41, 5.74) is 1.97. The first kappa shape index (κ1) is 15.1. The molecule has 0 saturated carbocycles. The lowest BCUT2D eigenvalue weighted by atomic mass is 10.2. The van der Waals surface area contributed by atoms with E-state index in [1.165, 1.54) is 12.1 Å². The molecule has 0 saturated heterocycles. The summed E-state index contributed by atoms with van der Waals surface area (Å²) in [5.74, 6) is 1.70. The maximum atomic E-state index is 13.4. The van der Waals surface area contributed by atoms with E-state index in [4.69, 9.17) is 14.2 Å². The molecule has 2 heterocycles. The summed E-state index contributed by atoms with van der Waals surface area (Å²) in [6.07, 6.45) is 0.190. The second-order valence-corrected chi connectivity index (χ2v) is 5.95. The lowest BCUT2D eigenvalue weighted by Gasteiger charge is -2.23.